The van der Waals surface area contributed by atoms with E-state index in [1.165, 1.54) is 0 Å². The predicted octanol–water partition coefficient (Wildman–Crippen LogP) is 2.96. The molecule has 0 radical (unpaired) electrons. The standard InChI is InChI=1S/C15H23F2NO3/c1-14(7-3-2-4-11(14)13(20)21)18-12(19)10-5-8-15(16,17)9-6-10/h10-11H,2-9H2,1H3,(H,18,19)(H,20,21). The van der Waals surface area contributed by atoms with Gasteiger partial charge in [0.2, 0.25) is 11.8 Å². The third-order valence-electron chi connectivity index (χ3n) is 5.00. The molecule has 2 fully saturated rings. The van der Waals surface area contributed by atoms with Gasteiger partial charge in [-0.3, -0.25) is 9.59 Å². The van der Waals surface area contributed by atoms with Crippen LogP contribution in [-0.2, 0) is 9.59 Å². The summed E-state index contributed by atoms with van der Waals surface area (Å²) in [6, 6.07) is 0. The second kappa shape index (κ2) is 5.89. The van der Waals surface area contributed by atoms with Crippen molar-refractivity contribution in [2.75, 3.05) is 0 Å². The number of amides is 1. The second-order valence-electron chi connectivity index (χ2n) is 6.67. The molecule has 0 saturated heterocycles. The molecule has 6 heteroatoms. The van der Waals surface area contributed by atoms with E-state index in [0.29, 0.717) is 12.8 Å². The van der Waals surface area contributed by atoms with E-state index in [-0.39, 0.29) is 31.6 Å². The molecule has 120 valence electrons. The van der Waals surface area contributed by atoms with E-state index in [0.717, 1.165) is 12.8 Å². The van der Waals surface area contributed by atoms with Crippen LogP contribution in [0.2, 0.25) is 0 Å². The van der Waals surface area contributed by atoms with Gasteiger partial charge in [0, 0.05) is 18.8 Å². The molecular weight excluding hydrogens is 280 g/mol. The zero-order valence-electron chi connectivity index (χ0n) is 12.3. The number of carboxylic acids is 1. The molecule has 2 unspecified atom stereocenters. The number of carbonyl (C=O) groups is 2. The Hall–Kier alpha value is -1.20. The Labute approximate surface area is 123 Å². The molecule has 0 aromatic heterocycles. The number of halogens is 2. The predicted molar refractivity (Wildman–Crippen MR) is 73.0 cm³/mol. The Balaban J connectivity index is 1.99. The van der Waals surface area contributed by atoms with Gasteiger partial charge in [-0.2, -0.15) is 0 Å². The number of hydrogen-bond acceptors (Lipinski definition) is 2. The SMILES string of the molecule is CC1(NC(=O)C2CCC(F)(F)CC2)CCCCC1C(=O)O. The van der Waals surface area contributed by atoms with Crippen LogP contribution >= 0.6 is 0 Å². The first-order valence-electron chi connectivity index (χ1n) is 7.66. The van der Waals surface area contributed by atoms with Crippen molar-refractivity contribution < 1.29 is 23.5 Å². The van der Waals surface area contributed by atoms with Gasteiger partial charge in [-0.25, -0.2) is 8.78 Å². The van der Waals surface area contributed by atoms with Crippen LogP contribution in [0.3, 0.4) is 0 Å². The Morgan fingerprint density at radius 3 is 2.29 bits per heavy atom. The summed E-state index contributed by atoms with van der Waals surface area (Å²) in [4.78, 5) is 23.7. The zero-order valence-corrected chi connectivity index (χ0v) is 12.3. The van der Waals surface area contributed by atoms with Gasteiger partial charge in [0.1, 0.15) is 0 Å². The van der Waals surface area contributed by atoms with Crippen LogP contribution in [0, 0.1) is 11.8 Å². The van der Waals surface area contributed by atoms with E-state index in [4.69, 9.17) is 0 Å². The molecule has 2 atom stereocenters. The zero-order chi connectivity index (χ0) is 15.7. The summed E-state index contributed by atoms with van der Waals surface area (Å²) in [5.74, 6) is -4.83. The molecule has 0 aromatic rings. The number of carboxylic acid groups (broad SMARTS) is 1. The fraction of sp³-hybridized carbons (Fsp3) is 0.867. The number of carbonyl (C=O) groups excluding carboxylic acids is 1. The van der Waals surface area contributed by atoms with Crippen molar-refractivity contribution in [1.29, 1.82) is 0 Å². The van der Waals surface area contributed by atoms with E-state index in [9.17, 15) is 23.5 Å². The Morgan fingerprint density at radius 1 is 1.10 bits per heavy atom. The van der Waals surface area contributed by atoms with Crippen LogP contribution in [-0.4, -0.2) is 28.4 Å². The Morgan fingerprint density at radius 2 is 1.71 bits per heavy atom. The number of alkyl halides is 2. The van der Waals surface area contributed by atoms with Crippen LogP contribution in [0.25, 0.3) is 0 Å². The summed E-state index contributed by atoms with van der Waals surface area (Å²) in [5, 5.41) is 12.2. The van der Waals surface area contributed by atoms with Crippen molar-refractivity contribution >= 4 is 11.9 Å². The molecule has 21 heavy (non-hydrogen) atoms. The van der Waals surface area contributed by atoms with Gasteiger partial charge in [-0.05, 0) is 32.6 Å². The average Bonchev–Trinajstić information content (AvgIpc) is 2.38. The van der Waals surface area contributed by atoms with Crippen LogP contribution in [0.4, 0.5) is 8.78 Å². The van der Waals surface area contributed by atoms with Gasteiger partial charge in [0.15, 0.2) is 0 Å². The minimum atomic E-state index is -2.66. The van der Waals surface area contributed by atoms with Crippen LogP contribution in [0.5, 0.6) is 0 Å². The van der Waals surface area contributed by atoms with E-state index >= 15 is 0 Å². The monoisotopic (exact) mass is 303 g/mol. The summed E-state index contributed by atoms with van der Waals surface area (Å²) in [6.07, 6.45) is 2.72. The maximum atomic E-state index is 13.1. The number of aliphatic carboxylic acids is 1. The largest absolute Gasteiger partial charge is 0.481 e. The second-order valence-corrected chi connectivity index (χ2v) is 6.67. The molecule has 2 rings (SSSR count). The fourth-order valence-electron chi connectivity index (χ4n) is 3.56. The third-order valence-corrected chi connectivity index (χ3v) is 5.00. The summed E-state index contributed by atoms with van der Waals surface area (Å²) in [7, 11) is 0. The van der Waals surface area contributed by atoms with Crippen molar-refractivity contribution in [3.8, 4) is 0 Å². The van der Waals surface area contributed by atoms with E-state index < -0.39 is 29.3 Å². The van der Waals surface area contributed by atoms with Crippen molar-refractivity contribution in [2.45, 2.75) is 69.8 Å². The summed E-state index contributed by atoms with van der Waals surface area (Å²) in [6.45, 7) is 1.76. The maximum Gasteiger partial charge on any atom is 0.308 e. The van der Waals surface area contributed by atoms with Crippen molar-refractivity contribution in [1.82, 2.24) is 5.32 Å². The molecule has 0 bridgehead atoms. The number of hydrogen-bond donors (Lipinski definition) is 2. The lowest BCUT2D eigenvalue weighted by Gasteiger charge is -2.41. The molecule has 2 aliphatic rings. The molecule has 0 spiro atoms. The lowest BCUT2D eigenvalue weighted by atomic mass is 9.73. The van der Waals surface area contributed by atoms with Crippen molar-refractivity contribution in [3.05, 3.63) is 0 Å². The van der Waals surface area contributed by atoms with Gasteiger partial charge in [-0.1, -0.05) is 12.8 Å². The van der Waals surface area contributed by atoms with Gasteiger partial charge in [0.05, 0.1) is 11.5 Å². The van der Waals surface area contributed by atoms with E-state index in [1.54, 1.807) is 6.92 Å². The number of rotatable bonds is 3. The molecule has 1 amide bonds. The molecule has 0 heterocycles. The normalized spacial score (nSPS) is 33.4. The topological polar surface area (TPSA) is 66.4 Å². The maximum absolute atomic E-state index is 13.1. The van der Waals surface area contributed by atoms with Crippen LogP contribution in [0.15, 0.2) is 0 Å². The van der Waals surface area contributed by atoms with Crippen LogP contribution < -0.4 is 5.32 Å². The first kappa shape index (κ1) is 16.2. The molecule has 0 aliphatic heterocycles. The van der Waals surface area contributed by atoms with Crippen LogP contribution in [0.1, 0.15) is 58.3 Å². The summed E-state index contributed by atoms with van der Waals surface area (Å²) < 4.78 is 26.3. The van der Waals surface area contributed by atoms with E-state index in [2.05, 4.69) is 5.32 Å². The molecule has 2 aliphatic carbocycles. The molecule has 0 aromatic carbocycles. The van der Waals surface area contributed by atoms with Gasteiger partial charge in [-0.15, -0.1) is 0 Å². The smallest absolute Gasteiger partial charge is 0.308 e. The molecule has 2 saturated carbocycles. The summed E-state index contributed by atoms with van der Waals surface area (Å²) in [5.41, 5.74) is -0.763. The Kier molecular flexibility index (Phi) is 4.54. The van der Waals surface area contributed by atoms with Gasteiger partial charge < -0.3 is 10.4 Å². The van der Waals surface area contributed by atoms with Gasteiger partial charge >= 0.3 is 5.97 Å². The highest BCUT2D eigenvalue weighted by Gasteiger charge is 2.44. The first-order valence-corrected chi connectivity index (χ1v) is 7.66. The lowest BCUT2D eigenvalue weighted by Crippen LogP contribution is -2.57. The fourth-order valence-corrected chi connectivity index (χ4v) is 3.56. The highest BCUT2D eigenvalue weighted by atomic mass is 19.3. The third kappa shape index (κ3) is 3.71. The molecule has 4 nitrogen and oxygen atoms in total. The molecular formula is C15H23F2NO3. The van der Waals surface area contributed by atoms with Crippen molar-refractivity contribution in [3.63, 3.8) is 0 Å². The van der Waals surface area contributed by atoms with E-state index in [1.807, 2.05) is 0 Å². The average molecular weight is 303 g/mol. The highest BCUT2D eigenvalue weighted by molar-refractivity contribution is 5.81. The minimum absolute atomic E-state index is 0.173. The lowest BCUT2D eigenvalue weighted by molar-refractivity contribution is -0.147. The Bertz CT molecular complexity index is 417. The quantitative estimate of drug-likeness (QED) is 0.842. The molecule has 2 N–H and O–H groups in total. The van der Waals surface area contributed by atoms with Crippen molar-refractivity contribution in [2.24, 2.45) is 11.8 Å². The highest BCUT2D eigenvalue weighted by Crippen LogP contribution is 2.38. The number of nitrogens with one attached hydrogen (secondary N) is 1. The first-order chi connectivity index (χ1) is 9.73. The summed E-state index contributed by atoms with van der Waals surface area (Å²) >= 11 is 0. The van der Waals surface area contributed by atoms with Gasteiger partial charge in [0.25, 0.3) is 0 Å². The minimum Gasteiger partial charge on any atom is -0.481 e.